The van der Waals surface area contributed by atoms with Crippen molar-refractivity contribution < 1.29 is 23.9 Å². The van der Waals surface area contributed by atoms with Crippen molar-refractivity contribution in [3.8, 4) is 0 Å². The molecule has 0 aliphatic heterocycles. The molecule has 0 rings (SSSR count). The molecule has 92 valence electrons. The first kappa shape index (κ1) is 14.9. The SMILES string of the molecule is COC(=O)CN(CC(=O)OC)C(=O)C(C)Br. The third-order valence-corrected chi connectivity index (χ3v) is 2.14. The number of esters is 2. The standard InChI is InChI=1S/C9H14BrNO5/c1-6(10)9(14)11(4-7(12)15-2)5-8(13)16-3/h6H,4-5H2,1-3H3. The van der Waals surface area contributed by atoms with E-state index in [2.05, 4.69) is 25.4 Å². The molecule has 16 heavy (non-hydrogen) atoms. The van der Waals surface area contributed by atoms with Crippen LogP contribution in [0, 0.1) is 0 Å². The second kappa shape index (κ2) is 7.21. The molecule has 0 saturated heterocycles. The Hall–Kier alpha value is -1.11. The summed E-state index contributed by atoms with van der Waals surface area (Å²) in [6, 6.07) is 0. The van der Waals surface area contributed by atoms with Crippen molar-refractivity contribution in [2.24, 2.45) is 0 Å². The van der Waals surface area contributed by atoms with Crippen LogP contribution >= 0.6 is 15.9 Å². The maximum Gasteiger partial charge on any atom is 0.325 e. The minimum Gasteiger partial charge on any atom is -0.468 e. The third kappa shape index (κ3) is 5.11. The van der Waals surface area contributed by atoms with Gasteiger partial charge in [0.05, 0.1) is 19.0 Å². The Morgan fingerprint density at radius 2 is 1.50 bits per heavy atom. The number of carbonyl (C=O) groups excluding carboxylic acids is 3. The summed E-state index contributed by atoms with van der Waals surface area (Å²) in [4.78, 5) is 34.3. The highest BCUT2D eigenvalue weighted by Gasteiger charge is 2.23. The van der Waals surface area contributed by atoms with Crippen molar-refractivity contribution in [3.63, 3.8) is 0 Å². The van der Waals surface area contributed by atoms with Crippen LogP contribution in [0.3, 0.4) is 0 Å². The van der Waals surface area contributed by atoms with E-state index in [4.69, 9.17) is 0 Å². The van der Waals surface area contributed by atoms with Crippen molar-refractivity contribution in [1.29, 1.82) is 0 Å². The van der Waals surface area contributed by atoms with Gasteiger partial charge in [0.15, 0.2) is 0 Å². The Balaban J connectivity index is 4.56. The summed E-state index contributed by atoms with van der Waals surface area (Å²) >= 11 is 3.07. The second-order valence-corrected chi connectivity index (χ2v) is 4.34. The Kier molecular flexibility index (Phi) is 6.71. The topological polar surface area (TPSA) is 72.9 Å². The van der Waals surface area contributed by atoms with Gasteiger partial charge in [-0.2, -0.15) is 0 Å². The summed E-state index contributed by atoms with van der Waals surface area (Å²) in [6.45, 7) is 1.05. The van der Waals surface area contributed by atoms with Crippen molar-refractivity contribution >= 4 is 33.8 Å². The number of ether oxygens (including phenoxy) is 2. The number of hydrogen-bond acceptors (Lipinski definition) is 5. The van der Waals surface area contributed by atoms with Gasteiger partial charge in [-0.05, 0) is 6.92 Å². The molecule has 7 heteroatoms. The van der Waals surface area contributed by atoms with Crippen LogP contribution < -0.4 is 0 Å². The Morgan fingerprint density at radius 1 is 1.12 bits per heavy atom. The van der Waals surface area contributed by atoms with Crippen molar-refractivity contribution in [3.05, 3.63) is 0 Å². The number of methoxy groups -OCH3 is 2. The van der Waals surface area contributed by atoms with Gasteiger partial charge in [0.1, 0.15) is 13.1 Å². The summed E-state index contributed by atoms with van der Waals surface area (Å²) in [5, 5.41) is 0. The summed E-state index contributed by atoms with van der Waals surface area (Å²) in [6.07, 6.45) is 0. The number of halogens is 1. The molecule has 0 saturated carbocycles. The quantitative estimate of drug-likeness (QED) is 0.525. The van der Waals surface area contributed by atoms with Crippen LogP contribution in [0.15, 0.2) is 0 Å². The third-order valence-electron chi connectivity index (χ3n) is 1.75. The maximum atomic E-state index is 11.6. The van der Waals surface area contributed by atoms with E-state index < -0.39 is 16.8 Å². The zero-order chi connectivity index (χ0) is 12.7. The monoisotopic (exact) mass is 295 g/mol. The van der Waals surface area contributed by atoms with Gasteiger partial charge < -0.3 is 14.4 Å². The van der Waals surface area contributed by atoms with E-state index in [-0.39, 0.29) is 19.0 Å². The van der Waals surface area contributed by atoms with Gasteiger partial charge in [0.2, 0.25) is 5.91 Å². The van der Waals surface area contributed by atoms with Crippen molar-refractivity contribution in [1.82, 2.24) is 4.90 Å². The van der Waals surface area contributed by atoms with Crippen LogP contribution in [-0.2, 0) is 23.9 Å². The van der Waals surface area contributed by atoms with E-state index in [9.17, 15) is 14.4 Å². The molecule has 0 aromatic rings. The van der Waals surface area contributed by atoms with Crippen LogP contribution in [0.2, 0.25) is 0 Å². The number of hydrogen-bond donors (Lipinski definition) is 0. The molecule has 0 fully saturated rings. The Morgan fingerprint density at radius 3 is 1.75 bits per heavy atom. The zero-order valence-electron chi connectivity index (χ0n) is 9.36. The summed E-state index contributed by atoms with van der Waals surface area (Å²) in [7, 11) is 2.42. The molecule has 0 aliphatic carbocycles. The molecule has 1 amide bonds. The first-order valence-electron chi connectivity index (χ1n) is 4.48. The van der Waals surface area contributed by atoms with Crippen LogP contribution in [0.4, 0.5) is 0 Å². The van der Waals surface area contributed by atoms with E-state index in [1.807, 2.05) is 0 Å². The van der Waals surface area contributed by atoms with Gasteiger partial charge in [-0.3, -0.25) is 14.4 Å². The van der Waals surface area contributed by atoms with Crippen LogP contribution in [-0.4, -0.2) is 54.9 Å². The largest absolute Gasteiger partial charge is 0.468 e. The minimum atomic E-state index is -0.592. The molecule has 0 spiro atoms. The lowest BCUT2D eigenvalue weighted by molar-refractivity contribution is -0.151. The number of amides is 1. The van der Waals surface area contributed by atoms with Gasteiger partial charge in [-0.15, -0.1) is 0 Å². The van der Waals surface area contributed by atoms with Crippen LogP contribution in [0.25, 0.3) is 0 Å². The van der Waals surface area contributed by atoms with E-state index in [1.54, 1.807) is 6.92 Å². The van der Waals surface area contributed by atoms with Gasteiger partial charge in [-0.1, -0.05) is 15.9 Å². The molecular weight excluding hydrogens is 282 g/mol. The van der Waals surface area contributed by atoms with Gasteiger partial charge in [0, 0.05) is 0 Å². The second-order valence-electron chi connectivity index (χ2n) is 2.96. The average molecular weight is 296 g/mol. The average Bonchev–Trinajstić information content (AvgIpc) is 2.26. The number of alkyl halides is 1. The molecular formula is C9H14BrNO5. The molecule has 0 heterocycles. The van der Waals surface area contributed by atoms with E-state index in [0.29, 0.717) is 0 Å². The Bertz CT molecular complexity index is 261. The molecule has 0 aromatic heterocycles. The fourth-order valence-electron chi connectivity index (χ4n) is 0.904. The summed E-state index contributed by atoms with van der Waals surface area (Å²) in [5.74, 6) is -1.56. The van der Waals surface area contributed by atoms with Crippen LogP contribution in [0.5, 0.6) is 0 Å². The molecule has 1 unspecified atom stereocenters. The molecule has 0 N–H and O–H groups in total. The lowest BCUT2D eigenvalue weighted by atomic mass is 10.3. The number of nitrogens with zero attached hydrogens (tertiary/aromatic N) is 1. The Labute approximate surface area is 102 Å². The molecule has 0 aromatic carbocycles. The van der Waals surface area contributed by atoms with E-state index in [1.165, 1.54) is 14.2 Å². The molecule has 1 atom stereocenters. The highest BCUT2D eigenvalue weighted by molar-refractivity contribution is 9.10. The highest BCUT2D eigenvalue weighted by atomic mass is 79.9. The van der Waals surface area contributed by atoms with Crippen LogP contribution in [0.1, 0.15) is 6.92 Å². The maximum absolute atomic E-state index is 11.6. The van der Waals surface area contributed by atoms with E-state index in [0.717, 1.165) is 4.90 Å². The van der Waals surface area contributed by atoms with E-state index >= 15 is 0 Å². The molecule has 0 aliphatic rings. The van der Waals surface area contributed by atoms with Crippen molar-refractivity contribution in [2.75, 3.05) is 27.3 Å². The van der Waals surface area contributed by atoms with Gasteiger partial charge in [0.25, 0.3) is 0 Å². The van der Waals surface area contributed by atoms with Gasteiger partial charge >= 0.3 is 11.9 Å². The lowest BCUT2D eigenvalue weighted by Gasteiger charge is -2.21. The number of carbonyl (C=O) groups is 3. The fourth-order valence-corrected chi connectivity index (χ4v) is 1.19. The normalized spacial score (nSPS) is 11.5. The first-order valence-corrected chi connectivity index (χ1v) is 5.40. The first-order chi connectivity index (χ1) is 7.42. The smallest absolute Gasteiger partial charge is 0.325 e. The minimum absolute atomic E-state index is 0.277. The zero-order valence-corrected chi connectivity index (χ0v) is 10.9. The van der Waals surface area contributed by atoms with Crippen molar-refractivity contribution in [2.45, 2.75) is 11.8 Å². The summed E-state index contributed by atoms with van der Waals surface area (Å²) < 4.78 is 8.85. The molecule has 0 radical (unpaired) electrons. The molecule has 0 bridgehead atoms. The van der Waals surface area contributed by atoms with Gasteiger partial charge in [-0.25, -0.2) is 0 Å². The highest BCUT2D eigenvalue weighted by Crippen LogP contribution is 2.04. The lowest BCUT2D eigenvalue weighted by Crippen LogP contribution is -2.43. The summed E-state index contributed by atoms with van der Waals surface area (Å²) in [5.41, 5.74) is 0. The predicted octanol–water partition coefficient (Wildman–Crippen LogP) is -0.0556. The fraction of sp³-hybridized carbons (Fsp3) is 0.667. The number of rotatable bonds is 5. The predicted molar refractivity (Wildman–Crippen MR) is 59.0 cm³/mol. The molecule has 6 nitrogen and oxygen atoms in total.